The van der Waals surface area contributed by atoms with Gasteiger partial charge in [-0.25, -0.2) is 0 Å². The molecule has 2 aromatic carbocycles. The fourth-order valence-electron chi connectivity index (χ4n) is 2.39. The van der Waals surface area contributed by atoms with Crippen molar-refractivity contribution in [1.82, 2.24) is 0 Å². The summed E-state index contributed by atoms with van der Waals surface area (Å²) in [7, 11) is 3.07. The predicted octanol–water partition coefficient (Wildman–Crippen LogP) is 3.67. The molecule has 0 heterocycles. The van der Waals surface area contributed by atoms with Gasteiger partial charge in [0.15, 0.2) is 23.1 Å². The van der Waals surface area contributed by atoms with E-state index in [1.165, 1.54) is 21.0 Å². The van der Waals surface area contributed by atoms with Gasteiger partial charge in [0.2, 0.25) is 0 Å². The summed E-state index contributed by atoms with van der Waals surface area (Å²) in [6, 6.07) is 13.0. The number of hydrogen-bond acceptors (Lipinski definition) is 4. The van der Waals surface area contributed by atoms with Crippen LogP contribution in [0.4, 0.5) is 0 Å². The normalized spacial score (nSPS) is 9.54. The van der Waals surface area contributed by atoms with Crippen LogP contribution in [0.25, 0.3) is 6.08 Å². The molecule has 4 nitrogen and oxygen atoms in total. The fourth-order valence-corrected chi connectivity index (χ4v) is 2.39. The Morgan fingerprint density at radius 2 is 1.46 bits per heavy atom. The topological polar surface area (TPSA) is 52.6 Å². The molecule has 0 fully saturated rings. The Balaban J connectivity index is 2.65. The first-order valence-corrected chi connectivity index (χ1v) is 8.03. The molecular formula is C22H20O4. The van der Waals surface area contributed by atoms with E-state index < -0.39 is 0 Å². The first kappa shape index (κ1) is 19.0. The van der Waals surface area contributed by atoms with Crippen LogP contribution in [-0.2, 0) is 9.59 Å². The van der Waals surface area contributed by atoms with Gasteiger partial charge in [0.1, 0.15) is 0 Å². The summed E-state index contributed by atoms with van der Waals surface area (Å²) in [5, 5.41) is 0. The van der Waals surface area contributed by atoms with E-state index in [9.17, 15) is 9.59 Å². The summed E-state index contributed by atoms with van der Waals surface area (Å²) in [5.74, 6) is 6.59. The number of methoxy groups -OCH3 is 2. The molecule has 132 valence electrons. The SMILES string of the molecule is COc1cc(C#Cc2ccccc2)c(C=C(C(C)=O)C(C)=O)cc1OC. The first-order chi connectivity index (χ1) is 12.5. The molecule has 0 saturated heterocycles. The standard InChI is InChI=1S/C22H20O4/c1-15(23)20(16(2)24)12-19-14-22(26-4)21(25-3)13-18(19)11-10-17-8-6-5-7-9-17/h5-9,12-14H,1-4H3. The van der Waals surface area contributed by atoms with Crippen molar-refractivity contribution in [1.29, 1.82) is 0 Å². The van der Waals surface area contributed by atoms with Crippen molar-refractivity contribution in [2.45, 2.75) is 13.8 Å². The van der Waals surface area contributed by atoms with Crippen LogP contribution in [0.15, 0.2) is 48.0 Å². The van der Waals surface area contributed by atoms with Gasteiger partial charge >= 0.3 is 0 Å². The second-order valence-electron chi connectivity index (χ2n) is 5.58. The number of hydrogen-bond donors (Lipinski definition) is 0. The highest BCUT2D eigenvalue weighted by Gasteiger charge is 2.13. The Morgan fingerprint density at radius 1 is 0.885 bits per heavy atom. The molecule has 2 aromatic rings. The third-order valence-electron chi connectivity index (χ3n) is 3.73. The summed E-state index contributed by atoms with van der Waals surface area (Å²) in [6.07, 6.45) is 1.54. The van der Waals surface area contributed by atoms with Crippen molar-refractivity contribution in [3.8, 4) is 23.3 Å². The van der Waals surface area contributed by atoms with Gasteiger partial charge in [0.05, 0.1) is 19.8 Å². The molecule has 0 saturated carbocycles. The van der Waals surface area contributed by atoms with E-state index in [0.29, 0.717) is 22.6 Å². The highest BCUT2D eigenvalue weighted by Crippen LogP contribution is 2.31. The minimum absolute atomic E-state index is 0.111. The molecule has 0 amide bonds. The quantitative estimate of drug-likeness (QED) is 0.358. The molecule has 0 aliphatic heterocycles. The molecule has 4 heteroatoms. The van der Waals surface area contributed by atoms with Gasteiger partial charge in [-0.1, -0.05) is 30.0 Å². The minimum Gasteiger partial charge on any atom is -0.493 e. The zero-order valence-electron chi connectivity index (χ0n) is 15.3. The second-order valence-corrected chi connectivity index (χ2v) is 5.58. The van der Waals surface area contributed by atoms with E-state index >= 15 is 0 Å². The van der Waals surface area contributed by atoms with E-state index in [1.807, 2.05) is 30.3 Å². The molecule has 0 bridgehead atoms. The molecule has 26 heavy (non-hydrogen) atoms. The predicted molar refractivity (Wildman–Crippen MR) is 101 cm³/mol. The number of carbonyl (C=O) groups is 2. The summed E-state index contributed by atoms with van der Waals surface area (Å²) >= 11 is 0. The van der Waals surface area contributed by atoms with E-state index in [0.717, 1.165) is 5.56 Å². The number of ether oxygens (including phenoxy) is 2. The molecule has 0 aliphatic rings. The lowest BCUT2D eigenvalue weighted by Crippen LogP contribution is -2.06. The van der Waals surface area contributed by atoms with Crippen LogP contribution >= 0.6 is 0 Å². The Kier molecular flexibility index (Phi) is 6.35. The number of allylic oxidation sites excluding steroid dienone is 1. The highest BCUT2D eigenvalue weighted by molar-refractivity contribution is 6.21. The van der Waals surface area contributed by atoms with Crippen LogP contribution in [0.5, 0.6) is 11.5 Å². The monoisotopic (exact) mass is 348 g/mol. The molecule has 2 rings (SSSR count). The van der Waals surface area contributed by atoms with Crippen molar-refractivity contribution in [2.24, 2.45) is 0 Å². The summed E-state index contributed by atoms with van der Waals surface area (Å²) in [4.78, 5) is 23.6. The van der Waals surface area contributed by atoms with Crippen molar-refractivity contribution in [2.75, 3.05) is 14.2 Å². The summed E-state index contributed by atoms with van der Waals surface area (Å²) in [6.45, 7) is 2.73. The smallest absolute Gasteiger partial charge is 0.163 e. The van der Waals surface area contributed by atoms with Crippen LogP contribution in [0.1, 0.15) is 30.5 Å². The van der Waals surface area contributed by atoms with Gasteiger partial charge in [-0.3, -0.25) is 9.59 Å². The van der Waals surface area contributed by atoms with Gasteiger partial charge in [-0.15, -0.1) is 0 Å². The number of Topliss-reactive ketones (excluding diaryl/α,β-unsaturated/α-hetero) is 2. The van der Waals surface area contributed by atoms with Crippen LogP contribution in [-0.4, -0.2) is 25.8 Å². The Morgan fingerprint density at radius 3 is 2.00 bits per heavy atom. The average molecular weight is 348 g/mol. The first-order valence-electron chi connectivity index (χ1n) is 8.03. The Labute approximate surface area is 153 Å². The van der Waals surface area contributed by atoms with E-state index in [4.69, 9.17) is 9.47 Å². The van der Waals surface area contributed by atoms with Gasteiger partial charge in [-0.2, -0.15) is 0 Å². The van der Waals surface area contributed by atoms with Crippen LogP contribution in [0.2, 0.25) is 0 Å². The maximum atomic E-state index is 11.8. The molecule has 0 spiro atoms. The molecule has 0 aromatic heterocycles. The third-order valence-corrected chi connectivity index (χ3v) is 3.73. The maximum Gasteiger partial charge on any atom is 0.163 e. The van der Waals surface area contributed by atoms with E-state index in [2.05, 4.69) is 11.8 Å². The number of benzene rings is 2. The van der Waals surface area contributed by atoms with Crippen LogP contribution in [0.3, 0.4) is 0 Å². The van der Waals surface area contributed by atoms with Crippen LogP contribution < -0.4 is 9.47 Å². The van der Waals surface area contributed by atoms with Crippen molar-refractivity contribution >= 4 is 17.6 Å². The lowest BCUT2D eigenvalue weighted by atomic mass is 10.00. The zero-order valence-corrected chi connectivity index (χ0v) is 15.3. The molecule has 0 aliphatic carbocycles. The summed E-state index contributed by atoms with van der Waals surface area (Å²) < 4.78 is 10.7. The van der Waals surface area contributed by atoms with Crippen molar-refractivity contribution < 1.29 is 19.1 Å². The lowest BCUT2D eigenvalue weighted by Gasteiger charge is -2.11. The van der Waals surface area contributed by atoms with Gasteiger partial charge < -0.3 is 9.47 Å². The second kappa shape index (κ2) is 8.68. The van der Waals surface area contributed by atoms with Crippen LogP contribution in [0, 0.1) is 11.8 Å². The largest absolute Gasteiger partial charge is 0.493 e. The van der Waals surface area contributed by atoms with E-state index in [-0.39, 0.29) is 17.1 Å². The Bertz CT molecular complexity index is 896. The summed E-state index contributed by atoms with van der Waals surface area (Å²) in [5.41, 5.74) is 2.22. The van der Waals surface area contributed by atoms with E-state index in [1.54, 1.807) is 25.3 Å². The van der Waals surface area contributed by atoms with Crippen molar-refractivity contribution in [3.63, 3.8) is 0 Å². The molecule has 0 atom stereocenters. The van der Waals surface area contributed by atoms with Crippen molar-refractivity contribution in [3.05, 3.63) is 64.7 Å². The lowest BCUT2D eigenvalue weighted by molar-refractivity contribution is -0.119. The number of rotatable bonds is 5. The van der Waals surface area contributed by atoms with Gasteiger partial charge in [-0.05, 0) is 43.7 Å². The van der Waals surface area contributed by atoms with Gasteiger partial charge in [0.25, 0.3) is 0 Å². The Hall–Kier alpha value is -3.32. The molecule has 0 radical (unpaired) electrons. The third kappa shape index (κ3) is 4.61. The number of ketones is 2. The average Bonchev–Trinajstić information content (AvgIpc) is 2.64. The number of carbonyl (C=O) groups excluding carboxylic acids is 2. The molecular weight excluding hydrogens is 328 g/mol. The maximum absolute atomic E-state index is 11.8. The molecule has 0 N–H and O–H groups in total. The minimum atomic E-state index is -0.297. The fraction of sp³-hybridized carbons (Fsp3) is 0.182. The molecule has 0 unspecified atom stereocenters. The van der Waals surface area contributed by atoms with Gasteiger partial charge in [0, 0.05) is 17.2 Å². The zero-order chi connectivity index (χ0) is 19.1. The highest BCUT2D eigenvalue weighted by atomic mass is 16.5.